The van der Waals surface area contributed by atoms with Crippen LogP contribution in [0.2, 0.25) is 0 Å². The van der Waals surface area contributed by atoms with Crippen molar-refractivity contribution in [2.45, 2.75) is 45.2 Å². The molecule has 0 saturated heterocycles. The van der Waals surface area contributed by atoms with Gasteiger partial charge in [-0.05, 0) is 36.5 Å². The van der Waals surface area contributed by atoms with Gasteiger partial charge in [-0.15, -0.1) is 11.3 Å². The van der Waals surface area contributed by atoms with Gasteiger partial charge in [0.25, 0.3) is 5.91 Å². The predicted octanol–water partition coefficient (Wildman–Crippen LogP) is 5.98. The van der Waals surface area contributed by atoms with Crippen molar-refractivity contribution in [1.29, 1.82) is 0 Å². The Bertz CT molecular complexity index is 920. The van der Waals surface area contributed by atoms with Gasteiger partial charge in [-0.25, -0.2) is 4.98 Å². The van der Waals surface area contributed by atoms with Gasteiger partial charge in [-0.1, -0.05) is 67.8 Å². The molecule has 3 aromatic rings. The summed E-state index contributed by atoms with van der Waals surface area (Å²) in [5.74, 6) is 0.665. The summed E-state index contributed by atoms with van der Waals surface area (Å²) in [5.41, 5.74) is 3.01. The lowest BCUT2D eigenvalue weighted by molar-refractivity contribution is 0.102. The van der Waals surface area contributed by atoms with E-state index in [0.29, 0.717) is 10.7 Å². The molecule has 0 bridgehead atoms. The number of anilines is 1. The average Bonchev–Trinajstić information content (AvgIpc) is 3.22. The maximum Gasteiger partial charge on any atom is 0.257 e. The summed E-state index contributed by atoms with van der Waals surface area (Å²) in [6.07, 6.45) is 6.76. The van der Waals surface area contributed by atoms with E-state index in [2.05, 4.69) is 45.9 Å². The second-order valence-corrected chi connectivity index (χ2v) is 8.98. The van der Waals surface area contributed by atoms with Crippen molar-refractivity contribution in [2.75, 3.05) is 11.9 Å². The van der Waals surface area contributed by atoms with E-state index in [-0.39, 0.29) is 5.91 Å². The van der Waals surface area contributed by atoms with Crippen LogP contribution >= 0.6 is 11.3 Å². The number of thiazole rings is 1. The van der Waals surface area contributed by atoms with Crippen molar-refractivity contribution in [2.24, 2.45) is 5.92 Å². The van der Waals surface area contributed by atoms with E-state index in [1.807, 2.05) is 30.3 Å². The van der Waals surface area contributed by atoms with Crippen LogP contribution in [-0.4, -0.2) is 22.3 Å². The van der Waals surface area contributed by atoms with Gasteiger partial charge in [0, 0.05) is 30.6 Å². The fraction of sp³-hybridized carbons (Fsp3) is 0.360. The van der Waals surface area contributed by atoms with Crippen molar-refractivity contribution >= 4 is 22.4 Å². The first-order valence-electron chi connectivity index (χ1n) is 10.8. The Balaban J connectivity index is 1.41. The molecule has 0 atom stereocenters. The van der Waals surface area contributed by atoms with Crippen LogP contribution in [-0.2, 0) is 13.1 Å². The number of benzene rings is 2. The van der Waals surface area contributed by atoms with Crippen LogP contribution in [0.4, 0.5) is 5.13 Å². The van der Waals surface area contributed by atoms with E-state index in [9.17, 15) is 4.79 Å². The summed E-state index contributed by atoms with van der Waals surface area (Å²) < 4.78 is 0. The molecule has 0 aliphatic heterocycles. The Kier molecular flexibility index (Phi) is 7.27. The highest BCUT2D eigenvalue weighted by atomic mass is 32.1. The van der Waals surface area contributed by atoms with Crippen molar-refractivity contribution in [3.8, 4) is 0 Å². The van der Waals surface area contributed by atoms with Gasteiger partial charge in [0.1, 0.15) is 0 Å². The fourth-order valence-electron chi connectivity index (χ4n) is 4.19. The number of carbonyl (C=O) groups excluding carboxylic acids is 1. The number of nitrogens with one attached hydrogen (secondary N) is 1. The Morgan fingerprint density at radius 3 is 2.40 bits per heavy atom. The number of rotatable bonds is 8. The standard InChI is InChI=1S/C25H29N3OS/c29-24(22-14-8-3-9-15-22)27-25-26-23(19-30-25)18-28(16-20-10-4-1-5-11-20)17-21-12-6-2-7-13-21/h1,3-5,8-11,14-15,19,21H,2,6-7,12-13,16-18H2,(H,26,27,29). The molecule has 0 spiro atoms. The molecule has 0 radical (unpaired) electrons. The second-order valence-electron chi connectivity index (χ2n) is 8.12. The van der Waals surface area contributed by atoms with Crippen LogP contribution in [0.5, 0.6) is 0 Å². The van der Waals surface area contributed by atoms with Crippen molar-refractivity contribution in [1.82, 2.24) is 9.88 Å². The summed E-state index contributed by atoms with van der Waals surface area (Å²) in [4.78, 5) is 19.6. The summed E-state index contributed by atoms with van der Waals surface area (Å²) in [6, 6.07) is 19.9. The van der Waals surface area contributed by atoms with E-state index in [1.54, 1.807) is 0 Å². The molecular weight excluding hydrogens is 390 g/mol. The first-order valence-corrected chi connectivity index (χ1v) is 11.7. The third-order valence-corrected chi connectivity index (χ3v) is 6.49. The summed E-state index contributed by atoms with van der Waals surface area (Å²) in [7, 11) is 0. The Hall–Kier alpha value is -2.50. The summed E-state index contributed by atoms with van der Waals surface area (Å²) >= 11 is 1.50. The van der Waals surface area contributed by atoms with Crippen LogP contribution in [0, 0.1) is 5.92 Å². The van der Waals surface area contributed by atoms with Gasteiger partial charge >= 0.3 is 0 Å². The minimum absolute atomic E-state index is 0.111. The van der Waals surface area contributed by atoms with E-state index in [1.165, 1.54) is 49.0 Å². The first-order chi connectivity index (χ1) is 14.8. The van der Waals surface area contributed by atoms with Gasteiger partial charge in [-0.2, -0.15) is 0 Å². The van der Waals surface area contributed by atoms with Crippen molar-refractivity contribution in [3.05, 3.63) is 82.9 Å². The van der Waals surface area contributed by atoms with Gasteiger partial charge in [0.15, 0.2) is 5.13 Å². The molecule has 0 unspecified atom stereocenters. The molecule has 1 saturated carbocycles. The fourth-order valence-corrected chi connectivity index (χ4v) is 4.88. The summed E-state index contributed by atoms with van der Waals surface area (Å²) in [5, 5.41) is 5.66. The molecule has 1 amide bonds. The molecule has 4 nitrogen and oxygen atoms in total. The molecule has 2 aromatic carbocycles. The number of hydrogen-bond acceptors (Lipinski definition) is 4. The van der Waals surface area contributed by atoms with Crippen LogP contribution in [0.15, 0.2) is 66.0 Å². The third-order valence-electron chi connectivity index (χ3n) is 5.68. The number of hydrogen-bond donors (Lipinski definition) is 1. The third kappa shape index (κ3) is 6.00. The molecule has 156 valence electrons. The maximum absolute atomic E-state index is 12.4. The molecule has 1 aliphatic carbocycles. The lowest BCUT2D eigenvalue weighted by atomic mass is 9.89. The van der Waals surface area contributed by atoms with Gasteiger partial charge in [0.05, 0.1) is 5.69 Å². The highest BCUT2D eigenvalue weighted by Gasteiger charge is 2.19. The quantitative estimate of drug-likeness (QED) is 0.489. The topological polar surface area (TPSA) is 45.2 Å². The monoisotopic (exact) mass is 419 g/mol. The molecular formula is C25H29N3OS. The van der Waals surface area contributed by atoms with Crippen LogP contribution in [0.3, 0.4) is 0 Å². The van der Waals surface area contributed by atoms with Crippen LogP contribution in [0.25, 0.3) is 0 Å². The normalized spacial score (nSPS) is 14.7. The number of nitrogens with zero attached hydrogens (tertiary/aromatic N) is 2. The molecule has 1 fully saturated rings. The average molecular weight is 420 g/mol. The SMILES string of the molecule is O=C(Nc1nc(CN(Cc2ccccc2)CC2CCCCC2)cs1)c1ccccc1. The summed E-state index contributed by atoms with van der Waals surface area (Å²) in [6.45, 7) is 2.85. The van der Waals surface area contributed by atoms with Crippen LogP contribution in [0.1, 0.15) is 53.7 Å². The Morgan fingerprint density at radius 2 is 1.67 bits per heavy atom. The van der Waals surface area contributed by atoms with E-state index in [0.717, 1.165) is 31.2 Å². The zero-order chi connectivity index (χ0) is 20.6. The molecule has 1 N–H and O–H groups in total. The minimum atomic E-state index is -0.111. The smallest absolute Gasteiger partial charge is 0.257 e. The number of amides is 1. The largest absolute Gasteiger partial charge is 0.298 e. The lowest BCUT2D eigenvalue weighted by Crippen LogP contribution is -2.30. The van der Waals surface area contributed by atoms with Crippen molar-refractivity contribution < 1.29 is 4.79 Å². The molecule has 1 aromatic heterocycles. The zero-order valence-corrected chi connectivity index (χ0v) is 18.1. The van der Waals surface area contributed by atoms with Crippen molar-refractivity contribution in [3.63, 3.8) is 0 Å². The molecule has 30 heavy (non-hydrogen) atoms. The zero-order valence-electron chi connectivity index (χ0n) is 17.3. The molecule has 1 aliphatic rings. The Morgan fingerprint density at radius 1 is 0.967 bits per heavy atom. The molecule has 4 rings (SSSR count). The van der Waals surface area contributed by atoms with Crippen LogP contribution < -0.4 is 5.32 Å². The van der Waals surface area contributed by atoms with E-state index < -0.39 is 0 Å². The van der Waals surface area contributed by atoms with Gasteiger partial charge in [-0.3, -0.25) is 15.0 Å². The number of aromatic nitrogens is 1. The molecule has 1 heterocycles. The Labute approximate surface area is 183 Å². The maximum atomic E-state index is 12.4. The van der Waals surface area contributed by atoms with E-state index >= 15 is 0 Å². The van der Waals surface area contributed by atoms with Gasteiger partial charge < -0.3 is 0 Å². The van der Waals surface area contributed by atoms with Gasteiger partial charge in [0.2, 0.25) is 0 Å². The highest BCUT2D eigenvalue weighted by molar-refractivity contribution is 7.13. The highest BCUT2D eigenvalue weighted by Crippen LogP contribution is 2.26. The molecule has 5 heteroatoms. The second kappa shape index (κ2) is 10.5. The predicted molar refractivity (Wildman–Crippen MR) is 124 cm³/mol. The first kappa shape index (κ1) is 20.8. The van der Waals surface area contributed by atoms with E-state index in [4.69, 9.17) is 4.98 Å². The minimum Gasteiger partial charge on any atom is -0.298 e. The number of carbonyl (C=O) groups is 1. The lowest BCUT2D eigenvalue weighted by Gasteiger charge is -2.29.